The molecule has 0 bridgehead atoms. The van der Waals surface area contributed by atoms with Gasteiger partial charge < -0.3 is 4.42 Å². The lowest BCUT2D eigenvalue weighted by molar-refractivity contribution is 0.590. The largest absolute Gasteiger partial charge is 0.437 e. The molecule has 33 heavy (non-hydrogen) atoms. The van der Waals surface area contributed by atoms with Gasteiger partial charge in [0, 0.05) is 11.1 Å². The number of pyridine rings is 1. The topological polar surface area (TPSA) is 43.9 Å². The number of imidazole rings is 1. The first-order chi connectivity index (χ1) is 15.9. The molecule has 0 spiro atoms. The smallest absolute Gasteiger partial charge is 0.227 e. The summed E-state index contributed by atoms with van der Waals surface area (Å²) in [6.07, 6.45) is 1.18. The normalized spacial score (nSPS) is 12.2. The van der Waals surface area contributed by atoms with Crippen LogP contribution in [0.25, 0.3) is 50.2 Å². The summed E-state index contributed by atoms with van der Waals surface area (Å²) >= 11 is 0. The highest BCUT2D eigenvalue weighted by Gasteiger charge is 2.20. The first kappa shape index (κ1) is 19.7. The third kappa shape index (κ3) is 3.11. The number of nitrogens with zero attached hydrogens (tertiary/aromatic N) is 3. The Balaban J connectivity index is 1.64. The third-order valence-electron chi connectivity index (χ3n) is 6.11. The van der Waals surface area contributed by atoms with Gasteiger partial charge in [0.25, 0.3) is 0 Å². The SMILES string of the molecule is CC(C)(C)c1ccc(-n2c(-c3cccc4c3oc3ncc(F)cc34)nc3ccccc32)cc1. The van der Waals surface area contributed by atoms with Crippen molar-refractivity contribution in [3.8, 4) is 17.1 Å². The molecular formula is C28H22FN3O. The summed E-state index contributed by atoms with van der Waals surface area (Å²) in [5, 5.41) is 1.47. The number of aromatic nitrogens is 3. The predicted octanol–water partition coefficient (Wildman–Crippen LogP) is 7.42. The van der Waals surface area contributed by atoms with Gasteiger partial charge in [-0.15, -0.1) is 0 Å². The van der Waals surface area contributed by atoms with E-state index in [1.807, 2.05) is 36.4 Å². The van der Waals surface area contributed by atoms with E-state index in [1.165, 1.54) is 17.8 Å². The zero-order chi connectivity index (χ0) is 22.7. The number of benzene rings is 3. The maximum Gasteiger partial charge on any atom is 0.227 e. The van der Waals surface area contributed by atoms with Crippen LogP contribution in [-0.4, -0.2) is 14.5 Å². The molecule has 0 aliphatic carbocycles. The van der Waals surface area contributed by atoms with Gasteiger partial charge in [-0.1, -0.05) is 57.2 Å². The lowest BCUT2D eigenvalue weighted by Gasteiger charge is -2.19. The zero-order valence-electron chi connectivity index (χ0n) is 18.6. The number of halogens is 1. The van der Waals surface area contributed by atoms with E-state index in [2.05, 4.69) is 60.7 Å². The van der Waals surface area contributed by atoms with Gasteiger partial charge in [0.1, 0.15) is 17.2 Å². The Morgan fingerprint density at radius 1 is 0.879 bits per heavy atom. The first-order valence-corrected chi connectivity index (χ1v) is 11.0. The van der Waals surface area contributed by atoms with E-state index in [0.717, 1.165) is 33.5 Å². The molecular weight excluding hydrogens is 413 g/mol. The van der Waals surface area contributed by atoms with E-state index < -0.39 is 0 Å². The Labute approximate surface area is 190 Å². The molecule has 3 aromatic heterocycles. The number of rotatable bonds is 2. The molecule has 6 aromatic rings. The number of hydrogen-bond donors (Lipinski definition) is 0. The Morgan fingerprint density at radius 3 is 2.45 bits per heavy atom. The quantitative estimate of drug-likeness (QED) is 0.284. The minimum Gasteiger partial charge on any atom is -0.437 e. The van der Waals surface area contributed by atoms with Crippen LogP contribution in [0.1, 0.15) is 26.3 Å². The van der Waals surface area contributed by atoms with Gasteiger partial charge in [0.2, 0.25) is 5.71 Å². The molecule has 0 aliphatic rings. The zero-order valence-corrected chi connectivity index (χ0v) is 18.6. The summed E-state index contributed by atoms with van der Waals surface area (Å²) in [4.78, 5) is 9.12. The molecule has 0 radical (unpaired) electrons. The second-order valence-corrected chi connectivity index (χ2v) is 9.35. The van der Waals surface area contributed by atoms with Gasteiger partial charge in [0.15, 0.2) is 0 Å². The molecule has 3 heterocycles. The van der Waals surface area contributed by atoms with Crippen LogP contribution in [-0.2, 0) is 5.41 Å². The molecule has 0 atom stereocenters. The van der Waals surface area contributed by atoms with Crippen molar-refractivity contribution in [1.82, 2.24) is 14.5 Å². The molecule has 4 nitrogen and oxygen atoms in total. The van der Waals surface area contributed by atoms with Gasteiger partial charge in [-0.3, -0.25) is 4.57 Å². The van der Waals surface area contributed by atoms with Crippen LogP contribution in [0.3, 0.4) is 0 Å². The van der Waals surface area contributed by atoms with E-state index >= 15 is 0 Å². The highest BCUT2D eigenvalue weighted by molar-refractivity contribution is 6.08. The number of para-hydroxylation sites is 3. The van der Waals surface area contributed by atoms with Crippen LogP contribution in [0.2, 0.25) is 0 Å². The minimum absolute atomic E-state index is 0.0699. The molecule has 0 saturated heterocycles. The summed E-state index contributed by atoms with van der Waals surface area (Å²) in [6.45, 7) is 6.62. The average Bonchev–Trinajstić information content (AvgIpc) is 3.37. The maximum absolute atomic E-state index is 13.9. The Bertz CT molecular complexity index is 1650. The Morgan fingerprint density at radius 2 is 1.67 bits per heavy atom. The fraction of sp³-hybridized carbons (Fsp3) is 0.143. The molecule has 0 fully saturated rings. The molecule has 5 heteroatoms. The van der Waals surface area contributed by atoms with E-state index in [0.29, 0.717) is 16.7 Å². The first-order valence-electron chi connectivity index (χ1n) is 11.0. The molecule has 3 aromatic carbocycles. The molecule has 0 aliphatic heterocycles. The molecule has 162 valence electrons. The van der Waals surface area contributed by atoms with E-state index in [1.54, 1.807) is 0 Å². The van der Waals surface area contributed by atoms with Gasteiger partial charge in [0.05, 0.1) is 28.2 Å². The fourth-order valence-electron chi connectivity index (χ4n) is 4.41. The summed E-state index contributed by atoms with van der Waals surface area (Å²) in [5.41, 5.74) is 6.15. The predicted molar refractivity (Wildman–Crippen MR) is 130 cm³/mol. The van der Waals surface area contributed by atoms with Crippen LogP contribution in [0.5, 0.6) is 0 Å². The summed E-state index contributed by atoms with van der Waals surface area (Å²) in [6, 6.07) is 24.0. The monoisotopic (exact) mass is 435 g/mol. The van der Waals surface area contributed by atoms with Gasteiger partial charge >= 0.3 is 0 Å². The van der Waals surface area contributed by atoms with E-state index in [9.17, 15) is 4.39 Å². The van der Waals surface area contributed by atoms with Crippen molar-refractivity contribution >= 4 is 33.1 Å². The number of fused-ring (bicyclic) bond motifs is 4. The second kappa shape index (κ2) is 7.01. The van der Waals surface area contributed by atoms with Crippen LogP contribution in [0, 0.1) is 5.82 Å². The third-order valence-corrected chi connectivity index (χ3v) is 6.11. The van der Waals surface area contributed by atoms with Crippen molar-refractivity contribution < 1.29 is 8.81 Å². The lowest BCUT2D eigenvalue weighted by Crippen LogP contribution is -2.11. The second-order valence-electron chi connectivity index (χ2n) is 9.35. The molecule has 0 amide bonds. The standard InChI is InChI=1S/C28H22FN3O/c1-28(2,3)17-11-13-19(14-12-17)32-24-10-5-4-9-23(24)31-26(32)21-8-6-7-20-22-15-18(29)16-30-27(22)33-25(20)21/h4-16H,1-3H3. The van der Waals surface area contributed by atoms with Crippen molar-refractivity contribution in [3.05, 3.63) is 90.4 Å². The van der Waals surface area contributed by atoms with Crippen molar-refractivity contribution in [1.29, 1.82) is 0 Å². The van der Waals surface area contributed by atoms with Gasteiger partial charge in [-0.2, -0.15) is 0 Å². The highest BCUT2D eigenvalue weighted by atomic mass is 19.1. The highest BCUT2D eigenvalue weighted by Crippen LogP contribution is 2.37. The summed E-state index contributed by atoms with van der Waals surface area (Å²) in [5.74, 6) is 0.381. The van der Waals surface area contributed by atoms with E-state index in [-0.39, 0.29) is 11.2 Å². The number of hydrogen-bond acceptors (Lipinski definition) is 3. The van der Waals surface area contributed by atoms with E-state index in [4.69, 9.17) is 9.40 Å². The maximum atomic E-state index is 13.9. The van der Waals surface area contributed by atoms with Gasteiger partial charge in [-0.25, -0.2) is 14.4 Å². The van der Waals surface area contributed by atoms with Crippen molar-refractivity contribution in [3.63, 3.8) is 0 Å². The molecule has 6 rings (SSSR count). The van der Waals surface area contributed by atoms with Gasteiger partial charge in [-0.05, 0) is 47.4 Å². The van der Waals surface area contributed by atoms with Crippen LogP contribution in [0.4, 0.5) is 4.39 Å². The van der Waals surface area contributed by atoms with Crippen LogP contribution < -0.4 is 0 Å². The summed E-state index contributed by atoms with van der Waals surface area (Å²) in [7, 11) is 0. The average molecular weight is 436 g/mol. The van der Waals surface area contributed by atoms with Crippen molar-refractivity contribution in [2.75, 3.05) is 0 Å². The fourth-order valence-corrected chi connectivity index (χ4v) is 4.41. The molecule has 0 saturated carbocycles. The van der Waals surface area contributed by atoms with Crippen molar-refractivity contribution in [2.24, 2.45) is 0 Å². The Kier molecular flexibility index (Phi) is 4.18. The Hall–Kier alpha value is -3.99. The van der Waals surface area contributed by atoms with Crippen molar-refractivity contribution in [2.45, 2.75) is 26.2 Å². The number of furan rings is 1. The minimum atomic E-state index is -0.387. The summed E-state index contributed by atoms with van der Waals surface area (Å²) < 4.78 is 22.1. The molecule has 0 N–H and O–H groups in total. The van der Waals surface area contributed by atoms with Crippen LogP contribution in [0.15, 0.2) is 83.4 Å². The molecule has 0 unspecified atom stereocenters. The van der Waals surface area contributed by atoms with Crippen LogP contribution >= 0.6 is 0 Å². The lowest BCUT2D eigenvalue weighted by atomic mass is 9.87.